The first-order valence-electron chi connectivity index (χ1n) is 6.92. The molecule has 0 spiro atoms. The van der Waals surface area contributed by atoms with Gasteiger partial charge < -0.3 is 5.32 Å². The van der Waals surface area contributed by atoms with Gasteiger partial charge >= 0.3 is 0 Å². The minimum Gasteiger partial charge on any atom is -0.360 e. The van der Waals surface area contributed by atoms with Crippen molar-refractivity contribution in [2.75, 3.05) is 5.32 Å². The monoisotopic (exact) mass is 315 g/mol. The number of halogens is 2. The van der Waals surface area contributed by atoms with Gasteiger partial charge in [0.2, 0.25) is 5.28 Å². The first-order chi connectivity index (χ1) is 10.5. The third-order valence-corrected chi connectivity index (χ3v) is 3.74. The maximum Gasteiger partial charge on any atom is 0.224 e. The average Bonchev–Trinajstić information content (AvgIpc) is 2.47. The van der Waals surface area contributed by atoms with E-state index in [0.29, 0.717) is 5.82 Å². The number of aromatic nitrogens is 2. The summed E-state index contributed by atoms with van der Waals surface area (Å²) in [6, 6.07) is 14.1. The van der Waals surface area contributed by atoms with Crippen molar-refractivity contribution in [3.8, 4) is 0 Å². The molecule has 1 aromatic heterocycles. The Labute approximate surface area is 133 Å². The Balaban J connectivity index is 2.03. The number of fused-ring (bicyclic) bond motifs is 1. The first-order valence-corrected chi connectivity index (χ1v) is 7.30. The maximum atomic E-state index is 13.1. The molecule has 0 fully saturated rings. The number of nitrogens with one attached hydrogen (secondary N) is 1. The van der Waals surface area contributed by atoms with Crippen LogP contribution in [-0.4, -0.2) is 9.97 Å². The highest BCUT2D eigenvalue weighted by Gasteiger charge is 2.22. The third kappa shape index (κ3) is 2.88. The van der Waals surface area contributed by atoms with Gasteiger partial charge in [0.1, 0.15) is 11.6 Å². The Morgan fingerprint density at radius 1 is 1.00 bits per heavy atom. The zero-order chi connectivity index (χ0) is 15.7. The molecule has 0 radical (unpaired) electrons. The second-order valence-electron chi connectivity index (χ2n) is 5.62. The highest BCUT2D eigenvalue weighted by atomic mass is 35.5. The number of anilines is 1. The molecule has 0 aliphatic carbocycles. The largest absolute Gasteiger partial charge is 0.360 e. The molecule has 0 aliphatic heterocycles. The van der Waals surface area contributed by atoms with Crippen molar-refractivity contribution in [2.45, 2.75) is 19.4 Å². The van der Waals surface area contributed by atoms with Gasteiger partial charge in [0.25, 0.3) is 0 Å². The van der Waals surface area contributed by atoms with Crippen LogP contribution < -0.4 is 5.32 Å². The van der Waals surface area contributed by atoms with Gasteiger partial charge in [0, 0.05) is 5.39 Å². The lowest BCUT2D eigenvalue weighted by Crippen LogP contribution is -2.28. The van der Waals surface area contributed by atoms with Crippen LogP contribution in [0.1, 0.15) is 19.4 Å². The summed E-state index contributed by atoms with van der Waals surface area (Å²) in [4.78, 5) is 8.51. The fourth-order valence-corrected chi connectivity index (χ4v) is 2.55. The quantitative estimate of drug-likeness (QED) is 0.707. The predicted molar refractivity (Wildman–Crippen MR) is 87.6 cm³/mol. The Hall–Kier alpha value is -2.20. The van der Waals surface area contributed by atoms with Gasteiger partial charge in [-0.15, -0.1) is 0 Å². The summed E-state index contributed by atoms with van der Waals surface area (Å²) in [5, 5.41) is 4.46. The molecular weight excluding hydrogens is 301 g/mol. The molecule has 0 saturated carbocycles. The van der Waals surface area contributed by atoms with Crippen LogP contribution >= 0.6 is 11.6 Å². The molecule has 112 valence electrons. The average molecular weight is 316 g/mol. The van der Waals surface area contributed by atoms with Gasteiger partial charge in [-0.25, -0.2) is 14.4 Å². The van der Waals surface area contributed by atoms with Crippen LogP contribution in [0.15, 0.2) is 48.5 Å². The molecule has 0 atom stereocenters. The van der Waals surface area contributed by atoms with Crippen LogP contribution in [0.4, 0.5) is 10.2 Å². The molecule has 0 amide bonds. The number of para-hydroxylation sites is 1. The molecule has 5 heteroatoms. The fourth-order valence-electron chi connectivity index (χ4n) is 2.38. The van der Waals surface area contributed by atoms with Crippen LogP contribution in [0.2, 0.25) is 5.28 Å². The maximum absolute atomic E-state index is 13.1. The Morgan fingerprint density at radius 3 is 2.41 bits per heavy atom. The smallest absolute Gasteiger partial charge is 0.224 e. The summed E-state index contributed by atoms with van der Waals surface area (Å²) in [6.45, 7) is 4.01. The van der Waals surface area contributed by atoms with E-state index >= 15 is 0 Å². The van der Waals surface area contributed by atoms with Gasteiger partial charge in [-0.1, -0.05) is 24.3 Å². The lowest BCUT2D eigenvalue weighted by molar-refractivity contribution is 0.596. The van der Waals surface area contributed by atoms with Gasteiger partial charge in [0.15, 0.2) is 0 Å². The number of rotatable bonds is 3. The van der Waals surface area contributed by atoms with Crippen molar-refractivity contribution in [3.63, 3.8) is 0 Å². The molecule has 0 bridgehead atoms. The molecule has 2 aromatic carbocycles. The molecule has 22 heavy (non-hydrogen) atoms. The molecule has 0 saturated heterocycles. The van der Waals surface area contributed by atoms with Crippen LogP contribution in [-0.2, 0) is 5.54 Å². The Morgan fingerprint density at radius 2 is 1.68 bits per heavy atom. The molecule has 1 N–H and O–H groups in total. The van der Waals surface area contributed by atoms with E-state index in [0.717, 1.165) is 16.5 Å². The molecule has 0 unspecified atom stereocenters. The van der Waals surface area contributed by atoms with E-state index in [1.165, 1.54) is 12.1 Å². The first kappa shape index (κ1) is 14.7. The fraction of sp³-hybridized carbons (Fsp3) is 0.176. The summed E-state index contributed by atoms with van der Waals surface area (Å²) < 4.78 is 13.1. The van der Waals surface area contributed by atoms with E-state index in [-0.39, 0.29) is 11.1 Å². The van der Waals surface area contributed by atoms with Crippen molar-refractivity contribution in [1.82, 2.24) is 9.97 Å². The van der Waals surface area contributed by atoms with Gasteiger partial charge in [-0.3, -0.25) is 0 Å². The number of nitrogens with zero attached hydrogens (tertiary/aromatic N) is 2. The Bertz CT molecular complexity index is 816. The predicted octanol–water partition coefficient (Wildman–Crippen LogP) is 4.77. The zero-order valence-corrected chi connectivity index (χ0v) is 13.0. The molecule has 0 aliphatic rings. The van der Waals surface area contributed by atoms with Gasteiger partial charge in [-0.2, -0.15) is 0 Å². The van der Waals surface area contributed by atoms with Crippen LogP contribution in [0.5, 0.6) is 0 Å². The van der Waals surface area contributed by atoms with E-state index in [4.69, 9.17) is 11.6 Å². The van der Waals surface area contributed by atoms with E-state index in [2.05, 4.69) is 15.3 Å². The van der Waals surface area contributed by atoms with Crippen molar-refractivity contribution >= 4 is 28.3 Å². The van der Waals surface area contributed by atoms with Crippen LogP contribution in [0.25, 0.3) is 10.9 Å². The van der Waals surface area contributed by atoms with Gasteiger partial charge in [0.05, 0.1) is 11.1 Å². The molecule has 3 rings (SSSR count). The lowest BCUT2D eigenvalue weighted by atomic mass is 9.94. The lowest BCUT2D eigenvalue weighted by Gasteiger charge is -2.28. The number of benzene rings is 2. The topological polar surface area (TPSA) is 37.8 Å². The molecular formula is C17H15ClFN3. The van der Waals surface area contributed by atoms with E-state index < -0.39 is 5.54 Å². The van der Waals surface area contributed by atoms with Crippen molar-refractivity contribution in [2.24, 2.45) is 0 Å². The summed E-state index contributed by atoms with van der Waals surface area (Å²) >= 11 is 6.01. The van der Waals surface area contributed by atoms with Gasteiger partial charge in [-0.05, 0) is 55.3 Å². The van der Waals surface area contributed by atoms with E-state index in [9.17, 15) is 4.39 Å². The second kappa shape index (κ2) is 5.54. The van der Waals surface area contributed by atoms with Crippen molar-refractivity contribution in [1.29, 1.82) is 0 Å². The van der Waals surface area contributed by atoms with Crippen LogP contribution in [0, 0.1) is 5.82 Å². The summed E-state index contributed by atoms with van der Waals surface area (Å²) in [5.41, 5.74) is 1.29. The number of hydrogen-bond acceptors (Lipinski definition) is 3. The zero-order valence-electron chi connectivity index (χ0n) is 12.3. The molecule has 1 heterocycles. The second-order valence-corrected chi connectivity index (χ2v) is 5.95. The minimum atomic E-state index is -0.436. The van der Waals surface area contributed by atoms with Crippen LogP contribution in [0.3, 0.4) is 0 Å². The van der Waals surface area contributed by atoms with E-state index in [1.807, 2.05) is 38.1 Å². The Kier molecular flexibility index (Phi) is 3.71. The van der Waals surface area contributed by atoms with E-state index in [1.54, 1.807) is 12.1 Å². The van der Waals surface area contributed by atoms with Crippen molar-refractivity contribution < 1.29 is 4.39 Å². The summed E-state index contributed by atoms with van der Waals surface area (Å²) in [7, 11) is 0. The summed E-state index contributed by atoms with van der Waals surface area (Å²) in [6.07, 6.45) is 0. The normalized spacial score (nSPS) is 11.6. The molecule has 3 nitrogen and oxygen atoms in total. The highest BCUT2D eigenvalue weighted by molar-refractivity contribution is 6.28. The van der Waals surface area contributed by atoms with Crippen molar-refractivity contribution in [3.05, 3.63) is 65.2 Å². The highest BCUT2D eigenvalue weighted by Crippen LogP contribution is 2.29. The SMILES string of the molecule is CC(C)(Nc1nc(Cl)nc2ccccc12)c1ccc(F)cc1. The standard InChI is InChI=1S/C17H15ClFN3/c1-17(2,11-7-9-12(19)10-8-11)22-15-13-5-3-4-6-14(13)20-16(18)21-15/h3-10H,1-2H3,(H,20,21,22). The third-order valence-electron chi connectivity index (χ3n) is 3.57. The minimum absolute atomic E-state index is 0.191. The summed E-state index contributed by atoms with van der Waals surface area (Å²) in [5.74, 6) is 0.403. The molecule has 3 aromatic rings. The number of hydrogen-bond donors (Lipinski definition) is 1.